The van der Waals surface area contributed by atoms with Gasteiger partial charge in [0, 0.05) is 51.1 Å². The molecule has 3 heterocycles. The van der Waals surface area contributed by atoms with E-state index in [9.17, 15) is 19.5 Å². The smallest absolute Gasteiger partial charge is 0.408 e. The van der Waals surface area contributed by atoms with Crippen LogP contribution in [-0.2, 0) is 33.9 Å². The largest absolute Gasteiger partial charge is 0.481 e. The molecule has 0 spiro atoms. The topological polar surface area (TPSA) is 167 Å². The number of aliphatic carboxylic acids is 2. The Hall–Kier alpha value is -4.94. The highest BCUT2D eigenvalue weighted by atomic mass is 16.5. The Labute approximate surface area is 256 Å². The first kappa shape index (κ1) is 33.6. The molecule has 0 aliphatic carbocycles. The van der Waals surface area contributed by atoms with Crippen molar-refractivity contribution in [2.75, 3.05) is 36.0 Å². The van der Waals surface area contributed by atoms with Crippen LogP contribution in [0.15, 0.2) is 65.7 Å². The van der Waals surface area contributed by atoms with Gasteiger partial charge in [-0.25, -0.2) is 19.4 Å². The molecule has 1 amide bonds. The molecule has 13 heteroatoms. The van der Waals surface area contributed by atoms with Crippen LogP contribution in [0.3, 0.4) is 0 Å². The molecular formula is C31H40N6O7. The van der Waals surface area contributed by atoms with Crippen molar-refractivity contribution in [3.63, 3.8) is 0 Å². The summed E-state index contributed by atoms with van der Waals surface area (Å²) in [7, 11) is 0. The van der Waals surface area contributed by atoms with Gasteiger partial charge in [0.15, 0.2) is 0 Å². The van der Waals surface area contributed by atoms with Gasteiger partial charge in [0.25, 0.3) is 5.97 Å². The maximum absolute atomic E-state index is 13.1. The monoisotopic (exact) mass is 608 g/mol. The average Bonchev–Trinajstić information content (AvgIpc) is 2.97. The van der Waals surface area contributed by atoms with Crippen LogP contribution in [0.2, 0.25) is 0 Å². The van der Waals surface area contributed by atoms with Crippen LogP contribution >= 0.6 is 0 Å². The summed E-state index contributed by atoms with van der Waals surface area (Å²) in [5.41, 5.74) is 0.924. The Morgan fingerprint density at radius 3 is 2.16 bits per heavy atom. The van der Waals surface area contributed by atoms with Gasteiger partial charge < -0.3 is 30.1 Å². The lowest BCUT2D eigenvalue weighted by atomic mass is 9.88. The lowest BCUT2D eigenvalue weighted by molar-refractivity contribution is -0.139. The molecule has 1 atom stereocenters. The van der Waals surface area contributed by atoms with E-state index in [1.54, 1.807) is 24.5 Å². The van der Waals surface area contributed by atoms with Crippen molar-refractivity contribution in [2.45, 2.75) is 53.3 Å². The lowest BCUT2D eigenvalue weighted by Gasteiger charge is -2.37. The zero-order valence-electron chi connectivity index (χ0n) is 25.5. The normalized spacial score (nSPS) is 13.7. The van der Waals surface area contributed by atoms with Crippen molar-refractivity contribution >= 4 is 29.7 Å². The quantitative estimate of drug-likeness (QED) is 0.327. The third kappa shape index (κ3) is 10.7. The minimum absolute atomic E-state index is 0.00145. The molecule has 1 aliphatic heterocycles. The maximum Gasteiger partial charge on any atom is 0.408 e. The summed E-state index contributed by atoms with van der Waals surface area (Å²) < 4.78 is 6.43. The Balaban J connectivity index is 0.00000124. The van der Waals surface area contributed by atoms with Crippen LogP contribution in [0.4, 0.5) is 16.4 Å². The van der Waals surface area contributed by atoms with E-state index in [1.165, 1.54) is 4.57 Å². The van der Waals surface area contributed by atoms with Gasteiger partial charge in [0.2, 0.25) is 0 Å². The van der Waals surface area contributed by atoms with Crippen molar-refractivity contribution in [3.8, 4) is 0 Å². The zero-order valence-corrected chi connectivity index (χ0v) is 25.5. The van der Waals surface area contributed by atoms with E-state index < -0.39 is 29.8 Å². The number of anilines is 2. The number of nitrogens with zero attached hydrogens (tertiary/aromatic N) is 5. The number of benzene rings is 1. The number of carbonyl (C=O) groups excluding carboxylic acids is 1. The van der Waals surface area contributed by atoms with Crippen LogP contribution in [0.25, 0.3) is 0 Å². The molecular weight excluding hydrogens is 568 g/mol. The standard InChI is InChI=1S/C29H36N6O5.C2H4O2/c1-29(2,3)17-22-18-35(19-23(26(36)37)31-28(39)40-20-21-9-5-4-6-10-21)27(38)32-25(22)34-15-13-33(14-16-34)24-11-7-8-12-30-24;1-2(3)4/h4-12,18,23H,13-17,19-20H2,1-3H3,(H,31,39)(H,36,37);1H3,(H,3,4)/t23-;/m0./s1. The molecule has 4 rings (SSSR count). The van der Waals surface area contributed by atoms with Gasteiger partial charge in [-0.15, -0.1) is 0 Å². The fraction of sp³-hybridized carbons (Fsp3) is 0.419. The molecule has 13 nitrogen and oxygen atoms in total. The average molecular weight is 609 g/mol. The highest BCUT2D eigenvalue weighted by Crippen LogP contribution is 2.27. The van der Waals surface area contributed by atoms with Crippen molar-refractivity contribution in [1.29, 1.82) is 0 Å². The number of amides is 1. The van der Waals surface area contributed by atoms with E-state index in [0.717, 1.165) is 37.0 Å². The maximum atomic E-state index is 13.1. The zero-order chi connectivity index (χ0) is 32.3. The molecule has 236 valence electrons. The summed E-state index contributed by atoms with van der Waals surface area (Å²) >= 11 is 0. The SMILES string of the molecule is CC(=O)O.CC(C)(C)Cc1cn(C[C@H](NC(=O)OCc2ccccc2)C(=O)O)c(=O)nc1N1CCN(c2ccccn2)CC1. The van der Waals surface area contributed by atoms with Crippen molar-refractivity contribution in [2.24, 2.45) is 5.41 Å². The van der Waals surface area contributed by atoms with Crippen LogP contribution < -0.4 is 20.8 Å². The number of hydrogen-bond donors (Lipinski definition) is 3. The van der Waals surface area contributed by atoms with E-state index in [2.05, 4.69) is 45.9 Å². The summed E-state index contributed by atoms with van der Waals surface area (Å²) in [6, 6.07) is 13.5. The first-order chi connectivity index (χ1) is 20.8. The van der Waals surface area contributed by atoms with Crippen molar-refractivity contribution in [3.05, 3.63) is 82.5 Å². The van der Waals surface area contributed by atoms with E-state index in [-0.39, 0.29) is 18.6 Å². The predicted molar refractivity (Wildman–Crippen MR) is 165 cm³/mol. The molecule has 0 bridgehead atoms. The summed E-state index contributed by atoms with van der Waals surface area (Å²) in [6.45, 7) is 9.86. The number of pyridine rings is 1. The number of rotatable bonds is 9. The van der Waals surface area contributed by atoms with Crippen molar-refractivity contribution < 1.29 is 29.3 Å². The summed E-state index contributed by atoms with van der Waals surface area (Å²) in [4.78, 5) is 59.6. The Kier molecular flexibility index (Phi) is 11.8. The molecule has 44 heavy (non-hydrogen) atoms. The van der Waals surface area contributed by atoms with Crippen LogP contribution in [-0.4, -0.2) is 75.0 Å². The van der Waals surface area contributed by atoms with Gasteiger partial charge in [-0.2, -0.15) is 4.98 Å². The van der Waals surface area contributed by atoms with Gasteiger partial charge in [0.05, 0.1) is 6.54 Å². The molecule has 0 radical (unpaired) electrons. The second-order valence-corrected chi connectivity index (χ2v) is 11.5. The number of piperazine rings is 1. The summed E-state index contributed by atoms with van der Waals surface area (Å²) in [5, 5.41) is 19.5. The first-order valence-electron chi connectivity index (χ1n) is 14.2. The van der Waals surface area contributed by atoms with E-state index in [1.807, 2.05) is 36.4 Å². The number of carbonyl (C=O) groups is 3. The van der Waals surface area contributed by atoms with Crippen molar-refractivity contribution in [1.82, 2.24) is 19.9 Å². The van der Waals surface area contributed by atoms with Gasteiger partial charge in [-0.3, -0.25) is 9.36 Å². The fourth-order valence-electron chi connectivity index (χ4n) is 4.61. The van der Waals surface area contributed by atoms with Crippen LogP contribution in [0.5, 0.6) is 0 Å². The molecule has 2 aromatic heterocycles. The molecule has 3 aromatic rings. The van der Waals surface area contributed by atoms with Gasteiger partial charge in [-0.1, -0.05) is 57.2 Å². The minimum Gasteiger partial charge on any atom is -0.481 e. The third-order valence-electron chi connectivity index (χ3n) is 6.50. The van der Waals surface area contributed by atoms with E-state index >= 15 is 0 Å². The first-order valence-corrected chi connectivity index (χ1v) is 14.2. The second kappa shape index (κ2) is 15.5. The molecule has 1 fully saturated rings. The van der Waals surface area contributed by atoms with Crippen LogP contribution in [0, 0.1) is 5.41 Å². The van der Waals surface area contributed by atoms with E-state index in [4.69, 9.17) is 14.6 Å². The minimum atomic E-state index is -1.38. The second-order valence-electron chi connectivity index (χ2n) is 11.5. The number of carboxylic acid groups (broad SMARTS) is 2. The summed E-state index contributed by atoms with van der Waals surface area (Å²) in [5.74, 6) is -0.593. The van der Waals surface area contributed by atoms with Gasteiger partial charge in [-0.05, 0) is 29.5 Å². The summed E-state index contributed by atoms with van der Waals surface area (Å²) in [6.07, 6.45) is 3.19. The Bertz CT molecular complexity index is 1450. The molecule has 1 saturated heterocycles. The number of nitrogens with one attached hydrogen (secondary N) is 1. The number of carboxylic acids is 2. The highest BCUT2D eigenvalue weighted by Gasteiger charge is 2.27. The number of alkyl carbamates (subject to hydrolysis) is 1. The van der Waals surface area contributed by atoms with E-state index in [0.29, 0.717) is 25.3 Å². The molecule has 0 unspecified atom stereocenters. The lowest BCUT2D eigenvalue weighted by Crippen LogP contribution is -2.49. The number of hydrogen-bond acceptors (Lipinski definition) is 9. The predicted octanol–water partition coefficient (Wildman–Crippen LogP) is 3.02. The molecule has 3 N–H and O–H groups in total. The Morgan fingerprint density at radius 2 is 1.59 bits per heavy atom. The Morgan fingerprint density at radius 1 is 0.977 bits per heavy atom. The van der Waals surface area contributed by atoms with Gasteiger partial charge >= 0.3 is 17.8 Å². The number of aromatic nitrogens is 3. The molecule has 1 aromatic carbocycles. The number of ether oxygens (including phenoxy) is 1. The fourth-order valence-corrected chi connectivity index (χ4v) is 4.61. The molecule has 0 saturated carbocycles. The van der Waals surface area contributed by atoms with Crippen LogP contribution in [0.1, 0.15) is 38.8 Å². The molecule has 1 aliphatic rings. The third-order valence-corrected chi connectivity index (χ3v) is 6.50. The highest BCUT2D eigenvalue weighted by molar-refractivity contribution is 5.79. The van der Waals surface area contributed by atoms with Gasteiger partial charge in [0.1, 0.15) is 24.3 Å².